The zero-order valence-corrected chi connectivity index (χ0v) is 17.2. The minimum atomic E-state index is 0.0761. The van der Waals surface area contributed by atoms with E-state index in [0.29, 0.717) is 6.54 Å². The number of benzene rings is 2. The Kier molecular flexibility index (Phi) is 4.52. The lowest BCUT2D eigenvalue weighted by Gasteiger charge is -2.13. The summed E-state index contributed by atoms with van der Waals surface area (Å²) in [7, 11) is 0. The maximum atomic E-state index is 13.0. The standard InChI is InChI=1S/C23H21BrN2O/c1-4-25-22-8-6-5-7-20(22)21(23(25)27)14-17-13-15(2)26(16(17)3)19-11-9-18(24)10-12-19/h5-14H,4H2,1-3H3/b21-14-. The molecule has 2 heterocycles. The van der Waals surface area contributed by atoms with Gasteiger partial charge in [0.2, 0.25) is 0 Å². The molecule has 1 aliphatic heterocycles. The van der Waals surface area contributed by atoms with Gasteiger partial charge in [-0.1, -0.05) is 34.1 Å². The maximum absolute atomic E-state index is 13.0. The number of hydrogen-bond donors (Lipinski definition) is 0. The highest BCUT2D eigenvalue weighted by Crippen LogP contribution is 2.38. The van der Waals surface area contributed by atoms with E-state index in [1.54, 1.807) is 0 Å². The molecule has 0 N–H and O–H groups in total. The van der Waals surface area contributed by atoms with Gasteiger partial charge in [0.05, 0.1) is 5.69 Å². The van der Waals surface area contributed by atoms with Crippen LogP contribution in [0.5, 0.6) is 0 Å². The Hall–Kier alpha value is -2.59. The van der Waals surface area contributed by atoms with Gasteiger partial charge in [0.15, 0.2) is 0 Å². The number of rotatable bonds is 3. The summed E-state index contributed by atoms with van der Waals surface area (Å²) >= 11 is 3.49. The molecule has 1 aromatic heterocycles. The zero-order chi connectivity index (χ0) is 19.1. The average molecular weight is 421 g/mol. The quantitative estimate of drug-likeness (QED) is 0.494. The number of carbonyl (C=O) groups is 1. The van der Waals surface area contributed by atoms with Crippen LogP contribution in [0.1, 0.15) is 29.4 Å². The summed E-state index contributed by atoms with van der Waals surface area (Å²) in [6, 6.07) is 18.4. The summed E-state index contributed by atoms with van der Waals surface area (Å²) in [4.78, 5) is 14.8. The first-order valence-electron chi connectivity index (χ1n) is 9.09. The number of likely N-dealkylation sites (N-methyl/N-ethyl adjacent to an activating group) is 1. The minimum absolute atomic E-state index is 0.0761. The predicted octanol–water partition coefficient (Wildman–Crippen LogP) is 5.76. The molecule has 0 unspecified atom stereocenters. The minimum Gasteiger partial charge on any atom is -0.318 e. The van der Waals surface area contributed by atoms with E-state index in [9.17, 15) is 4.79 Å². The van der Waals surface area contributed by atoms with Crippen LogP contribution in [-0.2, 0) is 4.79 Å². The molecule has 2 aromatic carbocycles. The molecule has 0 saturated heterocycles. The SMILES string of the molecule is CCN1C(=O)/C(=C\c2cc(C)n(-c3ccc(Br)cc3)c2C)c2ccccc21. The predicted molar refractivity (Wildman–Crippen MR) is 115 cm³/mol. The highest BCUT2D eigenvalue weighted by Gasteiger charge is 2.31. The Morgan fingerprint density at radius 1 is 1.04 bits per heavy atom. The van der Waals surface area contributed by atoms with Gasteiger partial charge >= 0.3 is 0 Å². The second kappa shape index (κ2) is 6.86. The first-order valence-corrected chi connectivity index (χ1v) is 9.88. The molecule has 0 aliphatic carbocycles. The number of amides is 1. The average Bonchev–Trinajstić information content (AvgIpc) is 3.10. The Labute approximate surface area is 168 Å². The van der Waals surface area contributed by atoms with Crippen molar-refractivity contribution in [2.24, 2.45) is 0 Å². The molecule has 0 fully saturated rings. The number of para-hydroxylation sites is 1. The van der Waals surface area contributed by atoms with E-state index < -0.39 is 0 Å². The molecule has 136 valence electrons. The summed E-state index contributed by atoms with van der Waals surface area (Å²) in [6.07, 6.45) is 2.04. The highest BCUT2D eigenvalue weighted by atomic mass is 79.9. The van der Waals surface area contributed by atoms with Crippen LogP contribution < -0.4 is 4.90 Å². The van der Waals surface area contributed by atoms with Crippen molar-refractivity contribution in [3.05, 3.63) is 81.6 Å². The first-order chi connectivity index (χ1) is 13.0. The smallest absolute Gasteiger partial charge is 0.258 e. The molecule has 0 saturated carbocycles. The lowest BCUT2D eigenvalue weighted by molar-refractivity contribution is -0.112. The second-order valence-corrected chi connectivity index (χ2v) is 7.68. The number of nitrogens with zero attached hydrogens (tertiary/aromatic N) is 2. The fourth-order valence-electron chi connectivity index (χ4n) is 3.84. The second-order valence-electron chi connectivity index (χ2n) is 6.76. The number of fused-ring (bicyclic) bond motifs is 1. The van der Waals surface area contributed by atoms with Gasteiger partial charge in [0.25, 0.3) is 5.91 Å². The van der Waals surface area contributed by atoms with Crippen molar-refractivity contribution in [2.75, 3.05) is 11.4 Å². The Balaban J connectivity index is 1.83. The number of hydrogen-bond acceptors (Lipinski definition) is 1. The summed E-state index contributed by atoms with van der Waals surface area (Å²) < 4.78 is 3.28. The van der Waals surface area contributed by atoms with Crippen LogP contribution in [0.3, 0.4) is 0 Å². The van der Waals surface area contributed by atoms with Crippen LogP contribution in [0, 0.1) is 13.8 Å². The van der Waals surface area contributed by atoms with Gasteiger partial charge in [0, 0.05) is 39.2 Å². The van der Waals surface area contributed by atoms with Crippen LogP contribution in [0.15, 0.2) is 59.1 Å². The number of aryl methyl sites for hydroxylation is 1. The van der Waals surface area contributed by atoms with Crippen LogP contribution in [0.25, 0.3) is 17.3 Å². The van der Waals surface area contributed by atoms with Crippen LogP contribution in [0.4, 0.5) is 5.69 Å². The van der Waals surface area contributed by atoms with E-state index in [-0.39, 0.29) is 5.91 Å². The van der Waals surface area contributed by atoms with Crippen molar-refractivity contribution >= 4 is 39.2 Å². The van der Waals surface area contributed by atoms with E-state index in [1.165, 1.54) is 0 Å². The van der Waals surface area contributed by atoms with E-state index in [1.807, 2.05) is 54.3 Å². The van der Waals surface area contributed by atoms with Gasteiger partial charge in [-0.3, -0.25) is 4.79 Å². The van der Waals surface area contributed by atoms with Gasteiger partial charge in [-0.15, -0.1) is 0 Å². The Morgan fingerprint density at radius 2 is 1.74 bits per heavy atom. The van der Waals surface area contributed by atoms with Gasteiger partial charge in [0.1, 0.15) is 0 Å². The summed E-state index contributed by atoms with van der Waals surface area (Å²) in [5.74, 6) is 0.0761. The molecule has 0 bridgehead atoms. The number of aromatic nitrogens is 1. The molecule has 4 heteroatoms. The van der Waals surface area contributed by atoms with Crippen LogP contribution in [0.2, 0.25) is 0 Å². The van der Waals surface area contributed by atoms with Crippen LogP contribution >= 0.6 is 15.9 Å². The fraction of sp³-hybridized carbons (Fsp3) is 0.174. The third-order valence-corrected chi connectivity index (χ3v) is 5.66. The van der Waals surface area contributed by atoms with Crippen molar-refractivity contribution in [3.8, 4) is 5.69 Å². The Morgan fingerprint density at radius 3 is 2.44 bits per heavy atom. The molecule has 1 aliphatic rings. The summed E-state index contributed by atoms with van der Waals surface area (Å²) in [5.41, 5.74) is 7.24. The van der Waals surface area contributed by atoms with Crippen molar-refractivity contribution in [1.82, 2.24) is 4.57 Å². The molecular weight excluding hydrogens is 400 g/mol. The summed E-state index contributed by atoms with van der Waals surface area (Å²) in [6.45, 7) is 6.88. The van der Waals surface area contributed by atoms with E-state index in [2.05, 4.69) is 52.5 Å². The van der Waals surface area contributed by atoms with Gasteiger partial charge < -0.3 is 9.47 Å². The molecule has 4 rings (SSSR count). The molecule has 3 nitrogen and oxygen atoms in total. The van der Waals surface area contributed by atoms with Gasteiger partial charge in [-0.2, -0.15) is 0 Å². The fourth-order valence-corrected chi connectivity index (χ4v) is 4.10. The number of anilines is 1. The van der Waals surface area contributed by atoms with Crippen molar-refractivity contribution in [3.63, 3.8) is 0 Å². The first kappa shape index (κ1) is 17.8. The monoisotopic (exact) mass is 420 g/mol. The van der Waals surface area contributed by atoms with Gasteiger partial charge in [-0.25, -0.2) is 0 Å². The number of halogens is 1. The molecule has 0 spiro atoms. The molecular formula is C23H21BrN2O. The third kappa shape index (κ3) is 2.94. The van der Waals surface area contributed by atoms with Crippen molar-refractivity contribution in [1.29, 1.82) is 0 Å². The topological polar surface area (TPSA) is 25.2 Å². The molecule has 3 aromatic rings. The van der Waals surface area contributed by atoms with E-state index >= 15 is 0 Å². The molecule has 0 radical (unpaired) electrons. The van der Waals surface area contributed by atoms with Crippen LogP contribution in [-0.4, -0.2) is 17.0 Å². The van der Waals surface area contributed by atoms with Gasteiger partial charge in [-0.05, 0) is 68.8 Å². The lowest BCUT2D eigenvalue weighted by atomic mass is 10.0. The van der Waals surface area contributed by atoms with E-state index in [0.717, 1.165) is 43.9 Å². The van der Waals surface area contributed by atoms with E-state index in [4.69, 9.17) is 0 Å². The van der Waals surface area contributed by atoms with Crippen molar-refractivity contribution in [2.45, 2.75) is 20.8 Å². The highest BCUT2D eigenvalue weighted by molar-refractivity contribution is 9.10. The third-order valence-electron chi connectivity index (χ3n) is 5.13. The zero-order valence-electron chi connectivity index (χ0n) is 15.7. The molecule has 0 atom stereocenters. The largest absolute Gasteiger partial charge is 0.318 e. The lowest BCUT2D eigenvalue weighted by Crippen LogP contribution is -2.25. The normalized spacial score (nSPS) is 14.9. The Bertz CT molecular complexity index is 1060. The molecule has 27 heavy (non-hydrogen) atoms. The van der Waals surface area contributed by atoms with Crippen molar-refractivity contribution < 1.29 is 4.79 Å². The molecule has 1 amide bonds. The maximum Gasteiger partial charge on any atom is 0.258 e. The number of carbonyl (C=O) groups excluding carboxylic acids is 1. The summed E-state index contributed by atoms with van der Waals surface area (Å²) in [5, 5.41) is 0.